The van der Waals surface area contributed by atoms with Gasteiger partial charge in [-0.05, 0) is 0 Å². The first-order valence-corrected chi connectivity index (χ1v) is 15.0. The summed E-state index contributed by atoms with van der Waals surface area (Å²) in [4.78, 5) is 53.0. The van der Waals surface area contributed by atoms with E-state index in [0.717, 1.165) is 0 Å². The maximum absolute atomic E-state index is 15.6. The molecule has 0 spiro atoms. The summed E-state index contributed by atoms with van der Waals surface area (Å²) in [6, 6.07) is -2.73. The van der Waals surface area contributed by atoms with E-state index in [9.17, 15) is 89.4 Å². The van der Waals surface area contributed by atoms with Crippen LogP contribution in [0.15, 0.2) is 24.3 Å². The van der Waals surface area contributed by atoms with Gasteiger partial charge in [0.05, 0.1) is 11.8 Å². The predicted molar refractivity (Wildman–Crippen MR) is 156 cm³/mol. The highest BCUT2D eigenvalue weighted by atomic mass is 19.2. The average molecular weight is 894 g/mol. The van der Waals surface area contributed by atoms with Gasteiger partial charge in [-0.25, -0.2) is 70.2 Å². The molecule has 4 rings (SSSR count). The molecule has 0 N–H and O–H groups in total. The van der Waals surface area contributed by atoms with Crippen molar-refractivity contribution in [1.82, 2.24) is 0 Å². The minimum absolute atomic E-state index is 0.643. The number of hydrogen-bond acceptors (Lipinski definition) is 4. The number of carbonyl (C=O) groups excluding carboxylic acids is 4. The Balaban J connectivity index is 1.97. The Kier molecular flexibility index (Phi) is 13.3. The maximum Gasteiger partial charge on any atom is 0.259 e. The van der Waals surface area contributed by atoms with Crippen LogP contribution in [0.4, 0.5) is 111 Å². The van der Waals surface area contributed by atoms with E-state index in [-0.39, 0.29) is 0 Å². The van der Waals surface area contributed by atoms with Gasteiger partial charge < -0.3 is 0 Å². The van der Waals surface area contributed by atoms with Crippen LogP contribution >= 0.6 is 0 Å². The summed E-state index contributed by atoms with van der Waals surface area (Å²) in [6.07, 6.45) is -5.26. The molecule has 0 aliphatic heterocycles. The molecule has 28 heteroatoms. The summed E-state index contributed by atoms with van der Waals surface area (Å²) in [5, 5.41) is -7.54. The van der Waals surface area contributed by atoms with E-state index < -0.39 is 209 Å². The summed E-state index contributed by atoms with van der Waals surface area (Å²) in [5.74, 6) is -63.3. The summed E-state index contributed by atoms with van der Waals surface area (Å²) in [7, 11) is 0. The van der Waals surface area contributed by atoms with Crippen molar-refractivity contribution < 1.29 is 107 Å². The highest BCUT2D eigenvalue weighted by molar-refractivity contribution is 6.05. The lowest BCUT2D eigenvalue weighted by Crippen LogP contribution is -2.46. The van der Waals surface area contributed by atoms with Crippen molar-refractivity contribution in [3.63, 3.8) is 0 Å². The van der Waals surface area contributed by atoms with Crippen LogP contribution in [0.5, 0.6) is 0 Å². The molecule has 60 heavy (non-hydrogen) atoms. The van der Waals surface area contributed by atoms with Crippen molar-refractivity contribution >= 4 is 46.4 Å². The molecule has 2 unspecified atom stereocenters. The van der Waals surface area contributed by atoms with E-state index >= 15 is 17.9 Å². The van der Waals surface area contributed by atoms with E-state index in [4.69, 9.17) is 0 Å². The quantitative estimate of drug-likeness (QED) is 0.0653. The first-order chi connectivity index (χ1) is 27.8. The molecule has 0 aromatic heterocycles. The molecule has 0 saturated heterocycles. The molecule has 2 atom stereocenters. The van der Waals surface area contributed by atoms with Crippen LogP contribution in [0.2, 0.25) is 0 Å². The van der Waals surface area contributed by atoms with E-state index in [1.807, 2.05) is 0 Å². The van der Waals surface area contributed by atoms with Gasteiger partial charge in [0.15, 0.2) is 93.1 Å². The number of carbonyl (C=O) groups is 4. The van der Waals surface area contributed by atoms with E-state index in [1.165, 1.54) is 0 Å². The Labute approximate surface area is 316 Å². The lowest BCUT2D eigenvalue weighted by atomic mass is 9.84. The molecule has 0 radical (unpaired) electrons. The SMILES string of the molecule is O=C(CC(C(=O)N(F)c1cc(F)c(F)c(F)c1F)C(CC(=O)N(F)c1cc(F)c(F)c(F)c1F)C(=O)N(F)c1cc(F)c(F)c(F)c1F)N(F)c1cc(F)c(F)c(F)c1F. The number of hydrogen-bond donors (Lipinski definition) is 0. The Hall–Kier alpha value is -6.64. The molecular weight excluding hydrogens is 884 g/mol. The van der Waals surface area contributed by atoms with Gasteiger partial charge >= 0.3 is 0 Å². The fourth-order valence-corrected chi connectivity index (χ4v) is 4.95. The van der Waals surface area contributed by atoms with Gasteiger partial charge in [0.1, 0.15) is 22.7 Å². The molecule has 0 bridgehead atoms. The Morgan fingerprint density at radius 2 is 0.533 bits per heavy atom. The molecule has 4 aromatic carbocycles. The molecule has 0 aliphatic carbocycles. The van der Waals surface area contributed by atoms with Crippen LogP contribution in [-0.2, 0) is 19.2 Å². The Morgan fingerprint density at radius 1 is 0.333 bits per heavy atom. The number of nitrogens with zero attached hydrogens (tertiary/aromatic N) is 4. The van der Waals surface area contributed by atoms with Gasteiger partial charge in [0.25, 0.3) is 23.6 Å². The van der Waals surface area contributed by atoms with E-state index in [0.29, 0.717) is 0 Å². The number of benzene rings is 4. The second-order valence-electron chi connectivity index (χ2n) is 11.5. The predicted octanol–water partition coefficient (Wildman–Crippen LogP) is 8.90. The smallest absolute Gasteiger partial charge is 0.259 e. The van der Waals surface area contributed by atoms with Crippen molar-refractivity contribution in [3.8, 4) is 0 Å². The van der Waals surface area contributed by atoms with Crippen LogP contribution in [0.1, 0.15) is 12.8 Å². The second-order valence-corrected chi connectivity index (χ2v) is 11.5. The zero-order valence-electron chi connectivity index (χ0n) is 27.9. The third kappa shape index (κ3) is 8.29. The average Bonchev–Trinajstić information content (AvgIpc) is 3.22. The summed E-state index contributed by atoms with van der Waals surface area (Å²) in [6.45, 7) is 0. The first kappa shape index (κ1) is 46.1. The molecule has 8 nitrogen and oxygen atoms in total. The molecule has 0 heterocycles. The van der Waals surface area contributed by atoms with E-state index in [2.05, 4.69) is 0 Å². The number of anilines is 4. The van der Waals surface area contributed by atoms with Crippen LogP contribution < -0.4 is 20.5 Å². The molecule has 0 aliphatic rings. The largest absolute Gasteiger partial charge is 0.272 e. The minimum atomic E-state index is -3.79. The van der Waals surface area contributed by atoms with Crippen LogP contribution in [0, 0.1) is 105 Å². The van der Waals surface area contributed by atoms with Gasteiger partial charge in [-0.15, -0.1) is 20.5 Å². The summed E-state index contributed by atoms with van der Waals surface area (Å²) >= 11 is 0. The van der Waals surface area contributed by atoms with Crippen molar-refractivity contribution in [2.24, 2.45) is 11.8 Å². The zero-order chi connectivity index (χ0) is 45.6. The number of amides is 4. The maximum atomic E-state index is 15.6. The topological polar surface area (TPSA) is 81.2 Å². The molecule has 4 aromatic rings. The van der Waals surface area contributed by atoms with Crippen molar-refractivity contribution in [1.29, 1.82) is 0 Å². The minimum Gasteiger partial charge on any atom is -0.272 e. The molecule has 0 fully saturated rings. The normalized spacial score (nSPS) is 12.3. The third-order valence-corrected chi connectivity index (χ3v) is 7.91. The Bertz CT molecular complexity index is 2290. The molecule has 322 valence electrons. The zero-order valence-corrected chi connectivity index (χ0v) is 27.9. The standard InChI is InChI=1S/C32H10F20N4O4/c33-9-3-13(23(41)27(45)19(9)37)53(49)17(57)1-7(31(59)55(51)15-5-11(35)21(39)29(47)25(15)43)8(32(60)56(52)16-6-12(36)22(40)30(48)26(16)44)2-18(58)54(50)14-4-10(34)20(38)28(46)24(14)42/h3-8H,1-2H2. The molecular formula is C32H10F20N4O4. The van der Waals surface area contributed by atoms with Crippen molar-refractivity contribution in [2.45, 2.75) is 12.8 Å². The van der Waals surface area contributed by atoms with Crippen LogP contribution in [-0.4, -0.2) is 23.6 Å². The lowest BCUT2D eigenvalue weighted by molar-refractivity contribution is -0.140. The van der Waals surface area contributed by atoms with Gasteiger partial charge in [-0.3, -0.25) is 19.2 Å². The monoisotopic (exact) mass is 894 g/mol. The number of halogens is 20. The summed E-state index contributed by atoms with van der Waals surface area (Å²) < 4.78 is 285. The highest BCUT2D eigenvalue weighted by Crippen LogP contribution is 2.37. The first-order valence-electron chi connectivity index (χ1n) is 15.0. The van der Waals surface area contributed by atoms with Crippen molar-refractivity contribution in [3.05, 3.63) is 117 Å². The molecule has 4 amide bonds. The van der Waals surface area contributed by atoms with Crippen LogP contribution in [0.3, 0.4) is 0 Å². The lowest BCUT2D eigenvalue weighted by Gasteiger charge is -2.29. The molecule has 0 saturated carbocycles. The summed E-state index contributed by atoms with van der Waals surface area (Å²) in [5.41, 5.74) is -9.53. The van der Waals surface area contributed by atoms with Gasteiger partial charge in [-0.1, -0.05) is 17.9 Å². The highest BCUT2D eigenvalue weighted by Gasteiger charge is 2.46. The van der Waals surface area contributed by atoms with Gasteiger partial charge in [-0.2, -0.15) is 0 Å². The van der Waals surface area contributed by atoms with Crippen LogP contribution in [0.25, 0.3) is 0 Å². The van der Waals surface area contributed by atoms with Crippen molar-refractivity contribution in [2.75, 3.05) is 20.5 Å². The number of rotatable bonds is 11. The Morgan fingerprint density at radius 3 is 0.750 bits per heavy atom. The third-order valence-electron chi connectivity index (χ3n) is 7.91. The second kappa shape index (κ2) is 17.3. The fourth-order valence-electron chi connectivity index (χ4n) is 4.95. The van der Waals surface area contributed by atoms with Gasteiger partial charge in [0, 0.05) is 37.1 Å². The van der Waals surface area contributed by atoms with E-state index in [1.54, 1.807) is 0 Å². The van der Waals surface area contributed by atoms with Gasteiger partial charge in [0.2, 0.25) is 0 Å². The fraction of sp³-hybridized carbons (Fsp3) is 0.125.